The third-order valence-electron chi connectivity index (χ3n) is 18.7. The zero-order chi connectivity index (χ0) is 59.2. The minimum absolute atomic E-state index is 0.689. The van der Waals surface area contributed by atoms with Gasteiger partial charge in [-0.2, -0.15) is 0 Å². The molecule has 0 saturated carbocycles. The van der Waals surface area contributed by atoms with Gasteiger partial charge in [0, 0.05) is 106 Å². The number of rotatable bonds is 6. The number of furan rings is 3. The minimum Gasteiger partial charge on any atom is -0.456 e. The van der Waals surface area contributed by atoms with Gasteiger partial charge in [-0.05, 0) is 94.3 Å². The molecule has 0 bridgehead atoms. The summed E-state index contributed by atoms with van der Waals surface area (Å²) >= 11 is 3.58. The van der Waals surface area contributed by atoms with Crippen LogP contribution in [0.25, 0.3) is 171 Å². The molecule has 0 atom stereocenters. The van der Waals surface area contributed by atoms with Crippen molar-refractivity contribution in [2.45, 2.75) is 0 Å². The van der Waals surface area contributed by atoms with Crippen LogP contribution in [0.4, 0.5) is 34.4 Å². The normalized spacial score (nSPS) is 12.4. The SMILES string of the molecule is c1ccc2c(c1)oc1c(N(c3ccc4c(c3)sc3cc5c(cc34)oc3cc4c(cc35)sc3cc(N(c5cnc6c7ccccc7c7ccccc7c6n5)c5cccc6c5oc5ccccc56)ccc34)c3cnc4c5ccccc5c5ccccc5c4n3)cccc12. The highest BCUT2D eigenvalue weighted by Gasteiger charge is 2.26. The van der Waals surface area contributed by atoms with Crippen LogP contribution in [0.3, 0.4) is 0 Å². The maximum absolute atomic E-state index is 6.92. The first-order valence-electron chi connectivity index (χ1n) is 30.3. The van der Waals surface area contributed by atoms with Gasteiger partial charge in [-0.1, -0.05) is 170 Å². The number of hydrogen-bond donors (Lipinski definition) is 0. The number of benzene rings is 14. The largest absolute Gasteiger partial charge is 0.456 e. The topological polar surface area (TPSA) is 97.5 Å². The Bertz CT molecular complexity index is 6300. The first kappa shape index (κ1) is 49.3. The standard InChI is InChI=1S/C80H42N6O3S2/c1-5-21-53-45(15-1)47-17-3-7-23-55(47)77-75(53)81-41-73(83-77)85(63-27-13-25-57-49-19-9-11-29-65(49)88-79(57)63)43-31-33-51-61-37-67-59(39-71(61)90-69(51)35-43)60-40-72-62(38-68(60)87-67)52-34-32-44(36-70(52)91-72)86(64-28-14-26-58-50-20-10-12-30-66(50)89-80(58)64)74-42-82-76-54-22-6-2-16-46(54)48-18-4-8-24-56(48)78(76)84-74/h1-42H. The Morgan fingerprint density at radius 2 is 0.615 bits per heavy atom. The minimum atomic E-state index is 0.689. The average molecular weight is 1200 g/mol. The molecule has 11 heteroatoms. The van der Waals surface area contributed by atoms with Gasteiger partial charge in [-0.15, -0.1) is 22.7 Å². The summed E-state index contributed by atoms with van der Waals surface area (Å²) in [6.07, 6.45) is 3.82. The molecule has 0 fully saturated rings. The molecule has 0 amide bonds. The molecule has 7 heterocycles. The van der Waals surface area contributed by atoms with Crippen molar-refractivity contribution >= 4 is 228 Å². The molecule has 14 aromatic carbocycles. The summed E-state index contributed by atoms with van der Waals surface area (Å²) in [6, 6.07) is 85.8. The van der Waals surface area contributed by atoms with E-state index in [0.29, 0.717) is 11.6 Å². The van der Waals surface area contributed by atoms with E-state index >= 15 is 0 Å². The maximum atomic E-state index is 6.92. The highest BCUT2D eigenvalue weighted by atomic mass is 32.1. The second-order valence-corrected chi connectivity index (χ2v) is 25.7. The van der Waals surface area contributed by atoms with Crippen molar-refractivity contribution in [2.24, 2.45) is 0 Å². The van der Waals surface area contributed by atoms with Gasteiger partial charge in [-0.3, -0.25) is 19.8 Å². The Balaban J connectivity index is 0.708. The molecule has 7 aromatic heterocycles. The lowest BCUT2D eigenvalue weighted by Gasteiger charge is -2.24. The zero-order valence-corrected chi connectivity index (χ0v) is 49.6. The number of hydrogen-bond acceptors (Lipinski definition) is 11. The predicted molar refractivity (Wildman–Crippen MR) is 380 cm³/mol. The Labute approximate surface area is 523 Å². The third kappa shape index (κ3) is 7.04. The van der Waals surface area contributed by atoms with Gasteiger partial charge in [0.25, 0.3) is 0 Å². The van der Waals surface area contributed by atoms with Gasteiger partial charge in [0.15, 0.2) is 22.8 Å². The summed E-state index contributed by atoms with van der Waals surface area (Å²) in [6.45, 7) is 0. The summed E-state index contributed by atoms with van der Waals surface area (Å²) in [5, 5.41) is 19.8. The van der Waals surface area contributed by atoms with Gasteiger partial charge in [0.1, 0.15) is 22.3 Å². The van der Waals surface area contributed by atoms with Crippen molar-refractivity contribution in [3.8, 4) is 0 Å². The molecule has 0 N–H and O–H groups in total. The molecular formula is C80H42N6O3S2. The van der Waals surface area contributed by atoms with Crippen LogP contribution in [0.5, 0.6) is 0 Å². The van der Waals surface area contributed by atoms with Crippen LogP contribution in [0.15, 0.2) is 268 Å². The van der Waals surface area contributed by atoms with Crippen molar-refractivity contribution in [1.29, 1.82) is 0 Å². The molecule has 9 nitrogen and oxygen atoms in total. The molecule has 422 valence electrons. The second-order valence-electron chi connectivity index (χ2n) is 23.6. The third-order valence-corrected chi connectivity index (χ3v) is 20.9. The number of para-hydroxylation sites is 4. The van der Waals surface area contributed by atoms with Crippen LogP contribution in [0.1, 0.15) is 0 Å². The lowest BCUT2D eigenvalue weighted by molar-refractivity contribution is 0.668. The molecule has 21 aromatic rings. The van der Waals surface area contributed by atoms with Gasteiger partial charge < -0.3 is 13.3 Å². The fraction of sp³-hybridized carbons (Fsp3) is 0. The smallest absolute Gasteiger partial charge is 0.159 e. The molecule has 0 aliphatic rings. The Morgan fingerprint density at radius 1 is 0.253 bits per heavy atom. The number of anilines is 6. The van der Waals surface area contributed by atoms with E-state index in [1.54, 1.807) is 22.7 Å². The summed E-state index contributed by atoms with van der Waals surface area (Å²) < 4.78 is 25.1. The van der Waals surface area contributed by atoms with Crippen LogP contribution in [-0.4, -0.2) is 19.9 Å². The Kier molecular flexibility index (Phi) is 9.96. The first-order chi connectivity index (χ1) is 45.1. The predicted octanol–water partition coefficient (Wildman–Crippen LogP) is 23.6. The van der Waals surface area contributed by atoms with Crippen molar-refractivity contribution in [3.63, 3.8) is 0 Å². The molecule has 0 spiro atoms. The Morgan fingerprint density at radius 3 is 1.04 bits per heavy atom. The fourth-order valence-electron chi connectivity index (χ4n) is 14.6. The zero-order valence-electron chi connectivity index (χ0n) is 48.0. The van der Waals surface area contributed by atoms with Crippen LogP contribution in [0.2, 0.25) is 0 Å². The van der Waals surface area contributed by atoms with Crippen molar-refractivity contribution in [3.05, 3.63) is 255 Å². The van der Waals surface area contributed by atoms with Crippen LogP contribution in [0, 0.1) is 0 Å². The second kappa shape index (κ2) is 18.4. The molecule has 91 heavy (non-hydrogen) atoms. The molecule has 0 aliphatic carbocycles. The summed E-state index contributed by atoms with van der Waals surface area (Å²) in [4.78, 5) is 26.1. The molecule has 0 radical (unpaired) electrons. The highest BCUT2D eigenvalue weighted by Crippen LogP contribution is 2.50. The maximum Gasteiger partial charge on any atom is 0.159 e. The van der Waals surface area contributed by atoms with E-state index in [1.807, 2.05) is 36.7 Å². The van der Waals surface area contributed by atoms with Crippen molar-refractivity contribution < 1.29 is 13.3 Å². The van der Waals surface area contributed by atoms with Crippen molar-refractivity contribution in [1.82, 2.24) is 19.9 Å². The number of aromatic nitrogens is 4. The molecule has 0 saturated heterocycles. The van der Waals surface area contributed by atoms with E-state index in [-0.39, 0.29) is 0 Å². The highest BCUT2D eigenvalue weighted by molar-refractivity contribution is 7.26. The molecule has 21 rings (SSSR count). The van der Waals surface area contributed by atoms with Gasteiger partial charge in [0.2, 0.25) is 0 Å². The van der Waals surface area contributed by atoms with Crippen LogP contribution in [-0.2, 0) is 0 Å². The fourth-order valence-corrected chi connectivity index (χ4v) is 16.9. The monoisotopic (exact) mass is 1200 g/mol. The quantitative estimate of drug-likeness (QED) is 0.151. The lowest BCUT2D eigenvalue weighted by atomic mass is 9.99. The summed E-state index contributed by atoms with van der Waals surface area (Å²) in [5.74, 6) is 1.38. The van der Waals surface area contributed by atoms with Crippen molar-refractivity contribution in [2.75, 3.05) is 9.80 Å². The van der Waals surface area contributed by atoms with E-state index in [9.17, 15) is 0 Å². The lowest BCUT2D eigenvalue weighted by Crippen LogP contribution is -2.12. The number of nitrogens with zero attached hydrogens (tertiary/aromatic N) is 6. The molecule has 0 unspecified atom stereocenters. The number of thiophene rings is 2. The van der Waals surface area contributed by atoms with E-state index in [4.69, 9.17) is 33.2 Å². The van der Waals surface area contributed by atoms with E-state index in [2.05, 4.69) is 228 Å². The summed E-state index contributed by atoms with van der Waals surface area (Å²) in [5.41, 5.74) is 12.0. The van der Waals surface area contributed by atoms with E-state index in [1.165, 1.54) is 9.40 Å². The summed E-state index contributed by atoms with van der Waals surface area (Å²) in [7, 11) is 0. The number of fused-ring (bicyclic) bond motifs is 27. The van der Waals surface area contributed by atoms with Gasteiger partial charge >= 0.3 is 0 Å². The Hall–Kier alpha value is -11.8. The van der Waals surface area contributed by atoms with E-state index in [0.717, 1.165) is 185 Å². The van der Waals surface area contributed by atoms with Crippen LogP contribution >= 0.6 is 22.7 Å². The first-order valence-corrected chi connectivity index (χ1v) is 31.9. The molecular weight excluding hydrogens is 1160 g/mol. The average Bonchev–Trinajstić information content (AvgIpc) is 1.75. The van der Waals surface area contributed by atoms with Gasteiger partial charge in [0.05, 0.1) is 45.8 Å². The van der Waals surface area contributed by atoms with E-state index < -0.39 is 0 Å². The molecule has 0 aliphatic heterocycles. The van der Waals surface area contributed by atoms with Crippen LogP contribution < -0.4 is 9.80 Å². The van der Waals surface area contributed by atoms with Gasteiger partial charge in [-0.25, -0.2) is 9.97 Å².